The smallest absolute Gasteiger partial charge is 0.119 e. The third kappa shape index (κ3) is 3.99. The van der Waals surface area contributed by atoms with Gasteiger partial charge in [0.25, 0.3) is 0 Å². The highest BCUT2D eigenvalue weighted by Crippen LogP contribution is 2.15. The van der Waals surface area contributed by atoms with Crippen LogP contribution in [-0.4, -0.2) is 12.6 Å². The van der Waals surface area contributed by atoms with E-state index in [4.69, 9.17) is 22.1 Å². The first-order valence-corrected chi connectivity index (χ1v) is 5.24. The van der Waals surface area contributed by atoms with Crippen LogP contribution in [0.1, 0.15) is 19.8 Å². The second kappa shape index (κ2) is 5.89. The van der Waals surface area contributed by atoms with Crippen LogP contribution in [0.5, 0.6) is 5.75 Å². The lowest BCUT2D eigenvalue weighted by Crippen LogP contribution is -2.21. The molecule has 1 aromatic rings. The Morgan fingerprint density at radius 3 is 2.57 bits per heavy atom. The zero-order chi connectivity index (χ0) is 10.4. The maximum Gasteiger partial charge on any atom is 0.119 e. The first-order valence-electron chi connectivity index (χ1n) is 4.86. The van der Waals surface area contributed by atoms with Gasteiger partial charge in [-0.3, -0.25) is 0 Å². The van der Waals surface area contributed by atoms with E-state index >= 15 is 0 Å². The van der Waals surface area contributed by atoms with Crippen molar-refractivity contribution in [2.24, 2.45) is 5.73 Å². The number of nitrogens with two attached hydrogens (primary N) is 1. The highest BCUT2D eigenvalue weighted by atomic mass is 35.5. The molecule has 0 aliphatic rings. The van der Waals surface area contributed by atoms with Crippen LogP contribution in [-0.2, 0) is 0 Å². The molecule has 2 N–H and O–H groups in total. The van der Waals surface area contributed by atoms with E-state index in [0.29, 0.717) is 6.61 Å². The second-order valence-corrected chi connectivity index (χ2v) is 3.70. The topological polar surface area (TPSA) is 35.2 Å². The van der Waals surface area contributed by atoms with E-state index in [1.165, 1.54) is 0 Å². The Morgan fingerprint density at radius 1 is 1.36 bits per heavy atom. The predicted octanol–water partition coefficient (Wildman–Crippen LogP) is 2.85. The van der Waals surface area contributed by atoms with Crippen molar-refractivity contribution < 1.29 is 4.74 Å². The highest BCUT2D eigenvalue weighted by Gasteiger charge is 1.99. The van der Waals surface area contributed by atoms with E-state index < -0.39 is 0 Å². The molecule has 2 nitrogen and oxygen atoms in total. The summed E-state index contributed by atoms with van der Waals surface area (Å²) in [6.45, 7) is 2.74. The standard InChI is InChI=1S/C11H16ClNO/c1-2-10(13)7-8-14-11-5-3-9(12)4-6-11/h3-6,10H,2,7-8,13H2,1H3. The van der Waals surface area contributed by atoms with Crippen molar-refractivity contribution in [3.8, 4) is 5.75 Å². The molecule has 78 valence electrons. The van der Waals surface area contributed by atoms with Gasteiger partial charge in [-0.2, -0.15) is 0 Å². The molecule has 1 atom stereocenters. The Bertz CT molecular complexity index is 260. The molecule has 0 fully saturated rings. The van der Waals surface area contributed by atoms with Crippen molar-refractivity contribution in [3.63, 3.8) is 0 Å². The summed E-state index contributed by atoms with van der Waals surface area (Å²) in [6.07, 6.45) is 1.88. The molecule has 0 saturated heterocycles. The van der Waals surface area contributed by atoms with Crippen LogP contribution < -0.4 is 10.5 Å². The van der Waals surface area contributed by atoms with E-state index in [0.717, 1.165) is 23.6 Å². The zero-order valence-electron chi connectivity index (χ0n) is 8.37. The number of ether oxygens (including phenoxy) is 1. The van der Waals surface area contributed by atoms with Crippen molar-refractivity contribution >= 4 is 11.6 Å². The van der Waals surface area contributed by atoms with Crippen molar-refractivity contribution in [2.45, 2.75) is 25.8 Å². The summed E-state index contributed by atoms with van der Waals surface area (Å²) < 4.78 is 5.49. The highest BCUT2D eigenvalue weighted by molar-refractivity contribution is 6.30. The third-order valence-corrected chi connectivity index (χ3v) is 2.35. The molecule has 0 aromatic heterocycles. The number of benzene rings is 1. The molecular weight excluding hydrogens is 198 g/mol. The van der Waals surface area contributed by atoms with Crippen molar-refractivity contribution in [2.75, 3.05) is 6.61 Å². The molecule has 0 aliphatic carbocycles. The fourth-order valence-electron chi connectivity index (χ4n) is 1.06. The molecule has 0 bridgehead atoms. The maximum atomic E-state index is 5.76. The number of rotatable bonds is 5. The summed E-state index contributed by atoms with van der Waals surface area (Å²) in [7, 11) is 0. The van der Waals surface area contributed by atoms with Crippen molar-refractivity contribution in [1.29, 1.82) is 0 Å². The summed E-state index contributed by atoms with van der Waals surface area (Å²) in [5.74, 6) is 0.845. The molecule has 0 spiro atoms. The van der Waals surface area contributed by atoms with Gasteiger partial charge in [-0.15, -0.1) is 0 Å². The minimum Gasteiger partial charge on any atom is -0.494 e. The first kappa shape index (κ1) is 11.3. The van der Waals surface area contributed by atoms with Gasteiger partial charge in [0.2, 0.25) is 0 Å². The molecule has 3 heteroatoms. The van der Waals surface area contributed by atoms with E-state index in [9.17, 15) is 0 Å². The lowest BCUT2D eigenvalue weighted by molar-refractivity contribution is 0.296. The Labute approximate surface area is 90.0 Å². The zero-order valence-corrected chi connectivity index (χ0v) is 9.13. The van der Waals surface area contributed by atoms with Gasteiger partial charge in [-0.05, 0) is 37.1 Å². The lowest BCUT2D eigenvalue weighted by atomic mass is 10.2. The monoisotopic (exact) mass is 213 g/mol. The van der Waals surface area contributed by atoms with Gasteiger partial charge >= 0.3 is 0 Å². The summed E-state index contributed by atoms with van der Waals surface area (Å²) >= 11 is 5.74. The van der Waals surface area contributed by atoms with Crippen LogP contribution >= 0.6 is 11.6 Å². The van der Waals surface area contributed by atoms with E-state index in [1.54, 1.807) is 0 Å². The molecule has 1 rings (SSSR count). The third-order valence-electron chi connectivity index (χ3n) is 2.10. The molecule has 0 radical (unpaired) electrons. The van der Waals surface area contributed by atoms with Crippen LogP contribution in [0.25, 0.3) is 0 Å². The molecule has 0 amide bonds. The van der Waals surface area contributed by atoms with Gasteiger partial charge in [0.15, 0.2) is 0 Å². The predicted molar refractivity (Wildman–Crippen MR) is 59.8 cm³/mol. The minimum atomic E-state index is 0.238. The number of halogens is 1. The van der Waals surface area contributed by atoms with E-state index in [2.05, 4.69) is 6.92 Å². The van der Waals surface area contributed by atoms with Crippen LogP contribution in [0.3, 0.4) is 0 Å². The fraction of sp³-hybridized carbons (Fsp3) is 0.455. The van der Waals surface area contributed by atoms with Crippen LogP contribution in [0.15, 0.2) is 24.3 Å². The first-order chi connectivity index (χ1) is 6.72. The molecule has 0 heterocycles. The lowest BCUT2D eigenvalue weighted by Gasteiger charge is -2.09. The van der Waals surface area contributed by atoms with Gasteiger partial charge in [-0.25, -0.2) is 0 Å². The average Bonchev–Trinajstić information content (AvgIpc) is 2.21. The Balaban J connectivity index is 2.28. The SMILES string of the molecule is CCC(N)CCOc1ccc(Cl)cc1. The molecule has 0 saturated carbocycles. The summed E-state index contributed by atoms with van der Waals surface area (Å²) in [6, 6.07) is 7.59. The normalized spacial score (nSPS) is 12.5. The average molecular weight is 214 g/mol. The van der Waals surface area contributed by atoms with Gasteiger partial charge < -0.3 is 10.5 Å². The van der Waals surface area contributed by atoms with E-state index in [1.807, 2.05) is 24.3 Å². The van der Waals surface area contributed by atoms with Crippen molar-refractivity contribution in [3.05, 3.63) is 29.3 Å². The summed E-state index contributed by atoms with van der Waals surface area (Å²) in [4.78, 5) is 0. The Morgan fingerprint density at radius 2 is 2.00 bits per heavy atom. The Hall–Kier alpha value is -0.730. The number of hydrogen-bond acceptors (Lipinski definition) is 2. The fourth-order valence-corrected chi connectivity index (χ4v) is 1.19. The minimum absolute atomic E-state index is 0.238. The van der Waals surface area contributed by atoms with Crippen LogP contribution in [0.2, 0.25) is 5.02 Å². The maximum absolute atomic E-state index is 5.76. The van der Waals surface area contributed by atoms with Gasteiger partial charge in [-0.1, -0.05) is 18.5 Å². The molecule has 14 heavy (non-hydrogen) atoms. The second-order valence-electron chi connectivity index (χ2n) is 3.26. The Kier molecular flexibility index (Phi) is 4.77. The van der Waals surface area contributed by atoms with Crippen molar-refractivity contribution in [1.82, 2.24) is 0 Å². The number of hydrogen-bond donors (Lipinski definition) is 1. The van der Waals surface area contributed by atoms with Gasteiger partial charge in [0.1, 0.15) is 5.75 Å². The van der Waals surface area contributed by atoms with Gasteiger partial charge in [0, 0.05) is 11.1 Å². The largest absolute Gasteiger partial charge is 0.494 e. The van der Waals surface area contributed by atoms with Crippen LogP contribution in [0.4, 0.5) is 0 Å². The van der Waals surface area contributed by atoms with Crippen LogP contribution in [0, 0.1) is 0 Å². The quantitative estimate of drug-likeness (QED) is 0.817. The van der Waals surface area contributed by atoms with Gasteiger partial charge in [0.05, 0.1) is 6.61 Å². The summed E-state index contributed by atoms with van der Waals surface area (Å²) in [5, 5.41) is 0.725. The molecule has 0 aliphatic heterocycles. The molecule has 1 aromatic carbocycles. The molecule has 1 unspecified atom stereocenters. The summed E-state index contributed by atoms with van der Waals surface area (Å²) in [5.41, 5.74) is 5.76. The van der Waals surface area contributed by atoms with E-state index in [-0.39, 0.29) is 6.04 Å². The molecular formula is C11H16ClNO.